The molecular formula is C32H37N3O5S. The van der Waals surface area contributed by atoms with Crippen molar-refractivity contribution < 1.29 is 24.6 Å². The number of carbonyl (C=O) groups is 3. The molecule has 0 aromatic heterocycles. The van der Waals surface area contributed by atoms with Gasteiger partial charge in [-0.3, -0.25) is 9.59 Å². The van der Waals surface area contributed by atoms with Crippen molar-refractivity contribution in [2.45, 2.75) is 61.5 Å². The number of hydrogen-bond donors (Lipinski definition) is 4. The lowest BCUT2D eigenvalue weighted by molar-refractivity contribution is -0.161. The maximum absolute atomic E-state index is 12.3. The molecule has 41 heavy (non-hydrogen) atoms. The van der Waals surface area contributed by atoms with Crippen LogP contribution in [0.1, 0.15) is 49.6 Å². The highest BCUT2D eigenvalue weighted by molar-refractivity contribution is 8.01. The third kappa shape index (κ3) is 6.98. The standard InChI is InChI=1S/C16H18N2O4S.C16H19NO/c1-16(2)12(15(21)22)18-13(20)11(14(18)23-16)17-10(19)8-9-6-4-3-5-7-9;1-2-17-15(13-9-5-3-6-10-13)16(18)14-11-7-4-8-12-14/h3-7,11-12,14H,8H2,1-2H3,(H,17,19)(H,21,22);3-12,15-18H,2H2,1H3. The van der Waals surface area contributed by atoms with Gasteiger partial charge in [-0.05, 0) is 37.1 Å². The molecule has 5 unspecified atom stereocenters. The van der Waals surface area contributed by atoms with E-state index >= 15 is 0 Å². The molecule has 0 saturated carbocycles. The van der Waals surface area contributed by atoms with Gasteiger partial charge in [0, 0.05) is 4.75 Å². The van der Waals surface area contributed by atoms with Gasteiger partial charge in [0.25, 0.3) is 0 Å². The predicted molar refractivity (Wildman–Crippen MR) is 160 cm³/mol. The first-order valence-corrected chi connectivity index (χ1v) is 14.6. The van der Waals surface area contributed by atoms with E-state index in [1.165, 1.54) is 16.7 Å². The van der Waals surface area contributed by atoms with Crippen LogP contribution < -0.4 is 10.6 Å². The Morgan fingerprint density at radius 3 is 2.00 bits per heavy atom. The van der Waals surface area contributed by atoms with Crippen molar-refractivity contribution in [3.05, 3.63) is 108 Å². The number of carbonyl (C=O) groups excluding carboxylic acids is 2. The summed E-state index contributed by atoms with van der Waals surface area (Å²) in [7, 11) is 0. The molecule has 2 heterocycles. The number of carboxylic acids is 1. The summed E-state index contributed by atoms with van der Waals surface area (Å²) in [6.45, 7) is 6.49. The Labute approximate surface area is 245 Å². The first-order chi connectivity index (χ1) is 19.6. The minimum atomic E-state index is -1.01. The lowest BCUT2D eigenvalue weighted by Gasteiger charge is -2.43. The number of amides is 2. The number of aliphatic carboxylic acids is 1. The summed E-state index contributed by atoms with van der Waals surface area (Å²) in [5, 5.41) is 25.6. The van der Waals surface area contributed by atoms with Crippen molar-refractivity contribution in [3.8, 4) is 0 Å². The monoisotopic (exact) mass is 575 g/mol. The minimum absolute atomic E-state index is 0.0707. The molecule has 8 nitrogen and oxygen atoms in total. The number of rotatable bonds is 9. The highest BCUT2D eigenvalue weighted by atomic mass is 32.2. The summed E-state index contributed by atoms with van der Waals surface area (Å²) < 4.78 is -0.578. The van der Waals surface area contributed by atoms with Crippen molar-refractivity contribution in [1.29, 1.82) is 0 Å². The van der Waals surface area contributed by atoms with E-state index in [9.17, 15) is 24.6 Å². The second-order valence-electron chi connectivity index (χ2n) is 10.6. The molecule has 5 rings (SSSR count). The molecule has 216 valence electrons. The van der Waals surface area contributed by atoms with E-state index in [0.29, 0.717) is 0 Å². The highest BCUT2D eigenvalue weighted by Gasteiger charge is 2.64. The Hall–Kier alpha value is -3.66. The van der Waals surface area contributed by atoms with E-state index in [2.05, 4.69) is 10.6 Å². The first-order valence-electron chi connectivity index (χ1n) is 13.7. The van der Waals surface area contributed by atoms with Gasteiger partial charge in [-0.2, -0.15) is 0 Å². The molecule has 3 aromatic carbocycles. The van der Waals surface area contributed by atoms with Crippen LogP contribution >= 0.6 is 11.8 Å². The topological polar surface area (TPSA) is 119 Å². The van der Waals surface area contributed by atoms with Crippen LogP contribution in [0.5, 0.6) is 0 Å². The van der Waals surface area contributed by atoms with Crippen molar-refractivity contribution in [1.82, 2.24) is 15.5 Å². The van der Waals surface area contributed by atoms with E-state index in [0.717, 1.165) is 23.2 Å². The van der Waals surface area contributed by atoms with Crippen molar-refractivity contribution >= 4 is 29.5 Å². The first kappa shape index (κ1) is 30.3. The quantitative estimate of drug-likeness (QED) is 0.286. The smallest absolute Gasteiger partial charge is 0.327 e. The van der Waals surface area contributed by atoms with E-state index < -0.39 is 28.9 Å². The van der Waals surface area contributed by atoms with Gasteiger partial charge in [0.15, 0.2) is 0 Å². The van der Waals surface area contributed by atoms with Crippen LogP contribution in [0.25, 0.3) is 0 Å². The summed E-state index contributed by atoms with van der Waals surface area (Å²) in [5.41, 5.74) is 2.92. The molecule has 2 amide bonds. The zero-order chi connectivity index (χ0) is 29.6. The van der Waals surface area contributed by atoms with Crippen molar-refractivity contribution in [2.24, 2.45) is 0 Å². The number of fused-ring (bicyclic) bond motifs is 1. The van der Waals surface area contributed by atoms with Gasteiger partial charge < -0.3 is 25.7 Å². The van der Waals surface area contributed by atoms with Crippen LogP contribution in [0.4, 0.5) is 0 Å². The molecular weight excluding hydrogens is 538 g/mol. The number of nitrogens with zero attached hydrogens (tertiary/aromatic N) is 1. The van der Waals surface area contributed by atoms with Gasteiger partial charge in [-0.1, -0.05) is 97.9 Å². The van der Waals surface area contributed by atoms with Crippen molar-refractivity contribution in [2.75, 3.05) is 6.54 Å². The molecule has 0 aliphatic carbocycles. The molecule has 2 saturated heterocycles. The fraction of sp³-hybridized carbons (Fsp3) is 0.344. The molecule has 0 bridgehead atoms. The van der Waals surface area contributed by atoms with E-state index in [1.807, 2.05) is 112 Å². The van der Waals surface area contributed by atoms with Gasteiger partial charge in [0.05, 0.1) is 18.6 Å². The molecule has 2 fully saturated rings. The number of benzene rings is 3. The molecule has 2 aliphatic rings. The normalized spacial score (nSPS) is 21.9. The number of aliphatic hydroxyl groups is 1. The minimum Gasteiger partial charge on any atom is -0.480 e. The number of thioether (sulfide) groups is 1. The van der Waals surface area contributed by atoms with Gasteiger partial charge in [-0.15, -0.1) is 11.8 Å². The van der Waals surface area contributed by atoms with Crippen LogP contribution in [0.15, 0.2) is 91.0 Å². The van der Waals surface area contributed by atoms with Crippen LogP contribution in [0.3, 0.4) is 0 Å². The van der Waals surface area contributed by atoms with E-state index in [4.69, 9.17) is 0 Å². The largest absolute Gasteiger partial charge is 0.480 e. The Balaban J connectivity index is 0.000000195. The average molecular weight is 576 g/mol. The van der Waals surface area contributed by atoms with Crippen LogP contribution in [-0.4, -0.2) is 61.6 Å². The van der Waals surface area contributed by atoms with Crippen LogP contribution in [0, 0.1) is 0 Å². The SMILES string of the molecule is CC1(C)SC2C(NC(=O)Cc3ccccc3)C(=O)N2C1C(=O)O.CCNC(c1ccccc1)C(O)c1ccccc1. The number of hydrogen-bond acceptors (Lipinski definition) is 6. The van der Waals surface area contributed by atoms with Gasteiger partial charge in [-0.25, -0.2) is 4.79 Å². The maximum Gasteiger partial charge on any atom is 0.327 e. The van der Waals surface area contributed by atoms with E-state index in [-0.39, 0.29) is 29.7 Å². The van der Waals surface area contributed by atoms with Gasteiger partial charge >= 0.3 is 5.97 Å². The Kier molecular flexibility index (Phi) is 9.86. The molecule has 5 atom stereocenters. The number of nitrogens with one attached hydrogen (secondary N) is 2. The Morgan fingerprint density at radius 2 is 1.46 bits per heavy atom. The molecule has 4 N–H and O–H groups in total. The molecule has 0 spiro atoms. The molecule has 3 aromatic rings. The maximum atomic E-state index is 12.3. The third-order valence-corrected chi connectivity index (χ3v) is 8.81. The number of aliphatic hydroxyl groups excluding tert-OH is 1. The number of likely N-dealkylation sites (N-methyl/N-ethyl adjacent to an activating group) is 1. The second-order valence-corrected chi connectivity index (χ2v) is 12.4. The summed E-state index contributed by atoms with van der Waals surface area (Å²) >= 11 is 1.42. The second kappa shape index (κ2) is 13.3. The summed E-state index contributed by atoms with van der Waals surface area (Å²) in [6.07, 6.45) is -0.332. The third-order valence-electron chi connectivity index (χ3n) is 7.24. The molecule has 0 radical (unpaired) electrons. The lowest BCUT2D eigenvalue weighted by atomic mass is 9.96. The number of β-lactam (4-membered cyclic amide) rings is 1. The van der Waals surface area contributed by atoms with Crippen LogP contribution in [-0.2, 0) is 20.8 Å². The molecule has 9 heteroatoms. The van der Waals surface area contributed by atoms with Gasteiger partial charge in [0.1, 0.15) is 17.5 Å². The predicted octanol–water partition coefficient (Wildman–Crippen LogP) is 3.93. The fourth-order valence-electron chi connectivity index (χ4n) is 5.29. The lowest BCUT2D eigenvalue weighted by Crippen LogP contribution is -2.70. The highest BCUT2D eigenvalue weighted by Crippen LogP contribution is 2.50. The Bertz CT molecular complexity index is 1320. The molecule has 2 aliphatic heterocycles. The number of carboxylic acid groups (broad SMARTS) is 1. The van der Waals surface area contributed by atoms with Crippen molar-refractivity contribution in [3.63, 3.8) is 0 Å². The summed E-state index contributed by atoms with van der Waals surface area (Å²) in [5.74, 6) is -1.55. The average Bonchev–Trinajstić information content (AvgIpc) is 3.24. The van der Waals surface area contributed by atoms with E-state index in [1.54, 1.807) is 0 Å². The summed E-state index contributed by atoms with van der Waals surface area (Å²) in [4.78, 5) is 37.2. The zero-order valence-corrected chi connectivity index (χ0v) is 24.3. The summed E-state index contributed by atoms with van der Waals surface area (Å²) in [6, 6.07) is 27.6. The Morgan fingerprint density at radius 1 is 0.927 bits per heavy atom. The van der Waals surface area contributed by atoms with Crippen LogP contribution in [0.2, 0.25) is 0 Å². The fourth-order valence-corrected chi connectivity index (χ4v) is 6.91. The zero-order valence-electron chi connectivity index (χ0n) is 23.4. The van der Waals surface area contributed by atoms with Gasteiger partial charge in [0.2, 0.25) is 11.8 Å².